The Labute approximate surface area is 184 Å². The average molecular weight is 415 g/mol. The summed E-state index contributed by atoms with van der Waals surface area (Å²) in [4.78, 5) is 0. The molecular formula is C26H30N4O. The number of rotatable bonds is 7. The Hall–Kier alpha value is -3.18. The predicted octanol–water partition coefficient (Wildman–Crippen LogP) is 5.38. The molecule has 1 atom stereocenters. The molecule has 160 valence electrons. The SMILES string of the molecule is CNCCC(Oc1ccccc1-n1c(C)c2c(C)nnc(C)c2c1C)c1ccccc1. The maximum atomic E-state index is 6.66. The van der Waals surface area contributed by atoms with Gasteiger partial charge in [-0.3, -0.25) is 0 Å². The first-order valence-corrected chi connectivity index (χ1v) is 10.8. The highest BCUT2D eigenvalue weighted by atomic mass is 16.5. The molecule has 0 amide bonds. The van der Waals surface area contributed by atoms with Crippen molar-refractivity contribution in [3.05, 3.63) is 82.9 Å². The molecule has 4 aromatic rings. The molecule has 1 unspecified atom stereocenters. The molecule has 0 spiro atoms. The lowest BCUT2D eigenvalue weighted by Crippen LogP contribution is -2.17. The van der Waals surface area contributed by atoms with E-state index in [-0.39, 0.29) is 6.10 Å². The van der Waals surface area contributed by atoms with Crippen LogP contribution in [0.5, 0.6) is 5.75 Å². The molecule has 0 saturated heterocycles. The molecule has 0 fully saturated rings. The molecule has 2 aromatic carbocycles. The van der Waals surface area contributed by atoms with E-state index in [1.807, 2.05) is 33.0 Å². The number of hydrogen-bond donors (Lipinski definition) is 1. The number of nitrogens with one attached hydrogen (secondary N) is 1. The fraction of sp³-hybridized carbons (Fsp3) is 0.308. The van der Waals surface area contributed by atoms with Gasteiger partial charge in [-0.15, -0.1) is 0 Å². The summed E-state index contributed by atoms with van der Waals surface area (Å²) in [5.74, 6) is 0.871. The molecule has 0 aliphatic carbocycles. The van der Waals surface area contributed by atoms with Crippen LogP contribution in [-0.2, 0) is 0 Å². The van der Waals surface area contributed by atoms with Crippen LogP contribution in [0.15, 0.2) is 54.6 Å². The van der Waals surface area contributed by atoms with E-state index in [1.165, 1.54) is 16.3 Å². The second-order valence-corrected chi connectivity index (χ2v) is 8.00. The third-order valence-corrected chi connectivity index (χ3v) is 5.92. The van der Waals surface area contributed by atoms with Gasteiger partial charge in [0.1, 0.15) is 11.9 Å². The summed E-state index contributed by atoms with van der Waals surface area (Å²) < 4.78 is 8.94. The molecule has 0 saturated carbocycles. The zero-order chi connectivity index (χ0) is 22.0. The van der Waals surface area contributed by atoms with Gasteiger partial charge in [0.05, 0.1) is 17.1 Å². The van der Waals surface area contributed by atoms with Gasteiger partial charge in [0.15, 0.2) is 0 Å². The van der Waals surface area contributed by atoms with Gasteiger partial charge in [-0.05, 0) is 59.0 Å². The molecule has 0 aliphatic rings. The van der Waals surface area contributed by atoms with Gasteiger partial charge >= 0.3 is 0 Å². The Morgan fingerprint density at radius 3 is 2.03 bits per heavy atom. The van der Waals surface area contributed by atoms with Crippen LogP contribution in [0.1, 0.15) is 40.9 Å². The summed E-state index contributed by atoms with van der Waals surface area (Å²) in [5.41, 5.74) is 6.44. The normalized spacial score (nSPS) is 12.3. The van der Waals surface area contributed by atoms with Crippen molar-refractivity contribution in [3.63, 3.8) is 0 Å². The largest absolute Gasteiger partial charge is 0.483 e. The fourth-order valence-electron chi connectivity index (χ4n) is 4.47. The van der Waals surface area contributed by atoms with Gasteiger partial charge in [0, 0.05) is 28.6 Å². The summed E-state index contributed by atoms with van der Waals surface area (Å²) in [6, 6.07) is 18.7. The number of ether oxygens (including phenoxy) is 1. The van der Waals surface area contributed by atoms with Crippen molar-refractivity contribution in [2.75, 3.05) is 13.6 Å². The minimum atomic E-state index is -0.0350. The molecule has 0 radical (unpaired) electrons. The number of para-hydroxylation sites is 2. The summed E-state index contributed by atoms with van der Waals surface area (Å²) in [5, 5.41) is 14.3. The summed E-state index contributed by atoms with van der Waals surface area (Å²) >= 11 is 0. The van der Waals surface area contributed by atoms with E-state index in [4.69, 9.17) is 4.74 Å². The highest BCUT2D eigenvalue weighted by Crippen LogP contribution is 2.36. The Morgan fingerprint density at radius 1 is 0.839 bits per heavy atom. The van der Waals surface area contributed by atoms with Gasteiger partial charge in [-0.1, -0.05) is 42.5 Å². The average Bonchev–Trinajstić information content (AvgIpc) is 3.06. The molecule has 31 heavy (non-hydrogen) atoms. The molecule has 0 aliphatic heterocycles. The highest BCUT2D eigenvalue weighted by Gasteiger charge is 2.21. The van der Waals surface area contributed by atoms with Gasteiger partial charge in [-0.2, -0.15) is 10.2 Å². The maximum absolute atomic E-state index is 6.66. The van der Waals surface area contributed by atoms with Crippen molar-refractivity contribution in [1.29, 1.82) is 0 Å². The van der Waals surface area contributed by atoms with Gasteiger partial charge in [0.25, 0.3) is 0 Å². The molecule has 1 N–H and O–H groups in total. The third kappa shape index (κ3) is 3.93. The summed E-state index contributed by atoms with van der Waals surface area (Å²) in [6.45, 7) is 9.23. The van der Waals surface area contributed by atoms with Crippen LogP contribution in [0.2, 0.25) is 0 Å². The molecule has 5 heteroatoms. The minimum absolute atomic E-state index is 0.0350. The van der Waals surface area contributed by atoms with E-state index in [0.29, 0.717) is 0 Å². The monoisotopic (exact) mass is 414 g/mol. The van der Waals surface area contributed by atoms with Gasteiger partial charge < -0.3 is 14.6 Å². The van der Waals surface area contributed by atoms with Crippen molar-refractivity contribution in [2.24, 2.45) is 0 Å². The molecular weight excluding hydrogens is 384 g/mol. The van der Waals surface area contributed by atoms with E-state index >= 15 is 0 Å². The molecule has 2 heterocycles. The zero-order valence-electron chi connectivity index (χ0n) is 18.9. The lowest BCUT2D eigenvalue weighted by Gasteiger charge is -2.23. The fourth-order valence-corrected chi connectivity index (χ4v) is 4.47. The first kappa shape index (κ1) is 21.1. The molecule has 2 aromatic heterocycles. The third-order valence-electron chi connectivity index (χ3n) is 5.92. The lowest BCUT2D eigenvalue weighted by atomic mass is 10.1. The van der Waals surface area contributed by atoms with Crippen LogP contribution in [-0.4, -0.2) is 28.4 Å². The van der Waals surface area contributed by atoms with E-state index in [0.717, 1.165) is 47.2 Å². The van der Waals surface area contributed by atoms with Crippen LogP contribution < -0.4 is 10.1 Å². The van der Waals surface area contributed by atoms with Crippen molar-refractivity contribution < 1.29 is 4.74 Å². The van der Waals surface area contributed by atoms with E-state index in [9.17, 15) is 0 Å². The first-order valence-electron chi connectivity index (χ1n) is 10.8. The van der Waals surface area contributed by atoms with Crippen molar-refractivity contribution in [1.82, 2.24) is 20.1 Å². The van der Waals surface area contributed by atoms with Crippen LogP contribution in [0, 0.1) is 27.7 Å². The van der Waals surface area contributed by atoms with E-state index < -0.39 is 0 Å². The number of benzene rings is 2. The Balaban J connectivity index is 1.83. The summed E-state index contributed by atoms with van der Waals surface area (Å²) in [6.07, 6.45) is 0.846. The van der Waals surface area contributed by atoms with Crippen LogP contribution >= 0.6 is 0 Å². The summed E-state index contributed by atoms with van der Waals surface area (Å²) in [7, 11) is 1.97. The minimum Gasteiger partial charge on any atom is -0.483 e. The Kier molecular flexibility index (Phi) is 6.05. The lowest BCUT2D eigenvalue weighted by molar-refractivity contribution is 0.194. The number of nitrogens with zero attached hydrogens (tertiary/aromatic N) is 3. The molecule has 4 rings (SSSR count). The topological polar surface area (TPSA) is 52.0 Å². The van der Waals surface area contributed by atoms with Crippen LogP contribution in [0.4, 0.5) is 0 Å². The second kappa shape index (κ2) is 8.90. The van der Waals surface area contributed by atoms with Crippen molar-refractivity contribution in [2.45, 2.75) is 40.2 Å². The molecule has 0 bridgehead atoms. The number of aromatic nitrogens is 3. The maximum Gasteiger partial charge on any atom is 0.144 e. The van der Waals surface area contributed by atoms with E-state index in [2.05, 4.69) is 76.4 Å². The van der Waals surface area contributed by atoms with Crippen LogP contribution in [0.25, 0.3) is 16.5 Å². The molecule has 5 nitrogen and oxygen atoms in total. The second-order valence-electron chi connectivity index (χ2n) is 8.00. The Morgan fingerprint density at radius 2 is 1.42 bits per heavy atom. The van der Waals surface area contributed by atoms with Crippen molar-refractivity contribution >= 4 is 10.8 Å². The number of hydrogen-bond acceptors (Lipinski definition) is 4. The standard InChI is InChI=1S/C26H30N4O/c1-17-25-19(3)30(20(4)26(25)18(2)29-28-17)22-13-9-10-14-24(22)31-23(15-16-27-5)21-11-7-6-8-12-21/h6-14,23,27H,15-16H2,1-5H3. The first-order chi connectivity index (χ1) is 15.0. The smallest absolute Gasteiger partial charge is 0.144 e. The predicted molar refractivity (Wildman–Crippen MR) is 126 cm³/mol. The van der Waals surface area contributed by atoms with Crippen LogP contribution in [0.3, 0.4) is 0 Å². The quantitative estimate of drug-likeness (QED) is 0.441. The van der Waals surface area contributed by atoms with Gasteiger partial charge in [-0.25, -0.2) is 0 Å². The zero-order valence-corrected chi connectivity index (χ0v) is 18.9. The van der Waals surface area contributed by atoms with Gasteiger partial charge in [0.2, 0.25) is 0 Å². The van der Waals surface area contributed by atoms with Crippen molar-refractivity contribution in [3.8, 4) is 11.4 Å². The highest BCUT2D eigenvalue weighted by molar-refractivity contribution is 5.92. The Bertz CT molecular complexity index is 1150. The van der Waals surface area contributed by atoms with E-state index in [1.54, 1.807) is 0 Å². The number of fused-ring (bicyclic) bond motifs is 1. The number of aryl methyl sites for hydroxylation is 4.